The molecule has 0 radical (unpaired) electrons. The molecule has 2 aromatic carbocycles. The second-order valence-electron chi connectivity index (χ2n) is 9.11. The van der Waals surface area contributed by atoms with Crippen molar-refractivity contribution in [3.8, 4) is 5.88 Å². The lowest BCUT2D eigenvalue weighted by molar-refractivity contribution is 0.00653. The number of benzene rings is 2. The van der Waals surface area contributed by atoms with Crippen LogP contribution in [-0.4, -0.2) is 29.7 Å². The van der Waals surface area contributed by atoms with Crippen LogP contribution in [0.15, 0.2) is 83.9 Å². The molecule has 6 nitrogen and oxygen atoms in total. The van der Waals surface area contributed by atoms with Crippen molar-refractivity contribution in [1.82, 2.24) is 4.98 Å². The van der Waals surface area contributed by atoms with E-state index in [0.29, 0.717) is 19.0 Å². The van der Waals surface area contributed by atoms with Gasteiger partial charge in [-0.3, -0.25) is 0 Å². The summed E-state index contributed by atoms with van der Waals surface area (Å²) >= 11 is 3.57. The Bertz CT molecular complexity index is 1160. The van der Waals surface area contributed by atoms with Crippen LogP contribution in [0.4, 0.5) is 5.82 Å². The first kappa shape index (κ1) is 27.4. The lowest BCUT2D eigenvalue weighted by atomic mass is 10.1. The molecule has 1 heterocycles. The van der Waals surface area contributed by atoms with E-state index < -0.39 is 17.8 Å². The van der Waals surface area contributed by atoms with E-state index in [1.54, 1.807) is 18.2 Å². The van der Waals surface area contributed by atoms with Crippen LogP contribution in [0.3, 0.4) is 0 Å². The summed E-state index contributed by atoms with van der Waals surface area (Å²) in [6.45, 7) is 12.4. The minimum atomic E-state index is -0.641. The monoisotopic (exact) mass is 552 g/mol. The van der Waals surface area contributed by atoms with Crippen LogP contribution in [0.25, 0.3) is 0 Å². The van der Waals surface area contributed by atoms with Crippen molar-refractivity contribution >= 4 is 27.7 Å². The number of hydrogen-bond donors (Lipinski definition) is 0. The number of halogens is 1. The maximum atomic E-state index is 12.8. The Balaban J connectivity index is 1.99. The molecule has 0 bridgehead atoms. The van der Waals surface area contributed by atoms with E-state index in [0.717, 1.165) is 15.6 Å². The van der Waals surface area contributed by atoms with Crippen LogP contribution in [0.2, 0.25) is 0 Å². The highest BCUT2D eigenvalue weighted by Gasteiger charge is 2.26. The molecule has 0 N–H and O–H groups in total. The van der Waals surface area contributed by atoms with Gasteiger partial charge in [0.25, 0.3) is 0 Å². The summed E-state index contributed by atoms with van der Waals surface area (Å²) in [4.78, 5) is 19.6. The molecular weight excluding hydrogens is 520 g/mol. The standard InChI is InChI=1S/C29H33BrN2O4/c1-6-18-34-26-24(28(33)36-29(3,4)5)16-17-25(31-26)32(7-2)27(22-14-11-15-23(30)19-22)35-20-21-12-9-8-10-13-21/h6,8-17,19,27H,1,7,18,20H2,2-5H3. The third kappa shape index (κ3) is 7.67. The van der Waals surface area contributed by atoms with Crippen molar-refractivity contribution in [3.63, 3.8) is 0 Å². The Hall–Kier alpha value is -3.16. The minimum absolute atomic E-state index is 0.191. The number of pyridine rings is 1. The van der Waals surface area contributed by atoms with Crippen LogP contribution in [0.5, 0.6) is 5.88 Å². The molecule has 3 rings (SSSR count). The van der Waals surface area contributed by atoms with E-state index in [2.05, 4.69) is 22.5 Å². The van der Waals surface area contributed by atoms with Crippen LogP contribution in [0.1, 0.15) is 55.4 Å². The summed E-state index contributed by atoms with van der Waals surface area (Å²) in [5.74, 6) is 0.311. The van der Waals surface area contributed by atoms with Gasteiger partial charge in [-0.05, 0) is 57.5 Å². The van der Waals surface area contributed by atoms with Gasteiger partial charge < -0.3 is 19.1 Å². The van der Waals surface area contributed by atoms with Crippen molar-refractivity contribution in [1.29, 1.82) is 0 Å². The van der Waals surface area contributed by atoms with Crippen LogP contribution >= 0.6 is 15.9 Å². The first-order valence-corrected chi connectivity index (χ1v) is 12.7. The predicted molar refractivity (Wildman–Crippen MR) is 146 cm³/mol. The molecule has 0 aliphatic heterocycles. The molecule has 190 valence electrons. The molecule has 1 aromatic heterocycles. The summed E-state index contributed by atoms with van der Waals surface area (Å²) in [6.07, 6.45) is 1.18. The number of hydrogen-bond acceptors (Lipinski definition) is 6. The molecule has 1 unspecified atom stereocenters. The average molecular weight is 553 g/mol. The third-order valence-electron chi connectivity index (χ3n) is 5.10. The number of nitrogens with zero attached hydrogens (tertiary/aromatic N) is 2. The second kappa shape index (κ2) is 12.7. The number of carbonyl (C=O) groups excluding carboxylic acids is 1. The maximum Gasteiger partial charge on any atom is 0.344 e. The van der Waals surface area contributed by atoms with Crippen molar-refractivity contribution in [2.45, 2.75) is 46.1 Å². The van der Waals surface area contributed by atoms with Gasteiger partial charge in [-0.15, -0.1) is 0 Å². The Morgan fingerprint density at radius 2 is 1.86 bits per heavy atom. The highest BCUT2D eigenvalue weighted by Crippen LogP contribution is 2.32. The first-order valence-electron chi connectivity index (χ1n) is 11.9. The fourth-order valence-electron chi connectivity index (χ4n) is 3.55. The Morgan fingerprint density at radius 1 is 1.11 bits per heavy atom. The Morgan fingerprint density at radius 3 is 2.50 bits per heavy atom. The normalized spacial score (nSPS) is 12.0. The number of esters is 1. The zero-order valence-electron chi connectivity index (χ0n) is 21.2. The van der Waals surface area contributed by atoms with Gasteiger partial charge in [0.15, 0.2) is 6.23 Å². The van der Waals surface area contributed by atoms with Crippen LogP contribution in [0, 0.1) is 0 Å². The van der Waals surface area contributed by atoms with Gasteiger partial charge in [-0.25, -0.2) is 4.79 Å². The number of ether oxygens (including phenoxy) is 3. The summed E-state index contributed by atoms with van der Waals surface area (Å²) < 4.78 is 18.8. The van der Waals surface area contributed by atoms with Crippen LogP contribution < -0.4 is 9.64 Å². The number of anilines is 1. The summed E-state index contributed by atoms with van der Waals surface area (Å²) in [5.41, 5.74) is 1.65. The largest absolute Gasteiger partial charge is 0.473 e. The molecule has 0 aliphatic rings. The van der Waals surface area contributed by atoms with Gasteiger partial charge >= 0.3 is 5.97 Å². The quantitative estimate of drug-likeness (QED) is 0.143. The molecule has 36 heavy (non-hydrogen) atoms. The van der Waals surface area contributed by atoms with Crippen molar-refractivity contribution in [2.75, 3.05) is 18.1 Å². The third-order valence-corrected chi connectivity index (χ3v) is 5.60. The molecule has 0 saturated heterocycles. The SMILES string of the molecule is C=CCOc1nc(N(CC)C(OCc2ccccc2)c2cccc(Br)c2)ccc1C(=O)OC(C)(C)C. The highest BCUT2D eigenvalue weighted by atomic mass is 79.9. The number of aromatic nitrogens is 1. The van der Waals surface area contributed by atoms with E-state index in [1.807, 2.05) is 87.2 Å². The van der Waals surface area contributed by atoms with E-state index in [1.165, 1.54) is 0 Å². The van der Waals surface area contributed by atoms with Gasteiger partial charge in [-0.2, -0.15) is 4.98 Å². The zero-order valence-corrected chi connectivity index (χ0v) is 22.8. The zero-order chi connectivity index (χ0) is 26.1. The van der Waals surface area contributed by atoms with E-state index in [9.17, 15) is 4.79 Å². The van der Waals surface area contributed by atoms with Crippen molar-refractivity contribution < 1.29 is 19.0 Å². The highest BCUT2D eigenvalue weighted by molar-refractivity contribution is 9.10. The minimum Gasteiger partial charge on any atom is -0.473 e. The molecule has 7 heteroatoms. The molecule has 1 atom stereocenters. The van der Waals surface area contributed by atoms with Gasteiger partial charge in [0.05, 0.1) is 6.61 Å². The van der Waals surface area contributed by atoms with E-state index in [4.69, 9.17) is 19.2 Å². The summed E-state index contributed by atoms with van der Waals surface area (Å²) in [6, 6.07) is 21.5. The second-order valence-corrected chi connectivity index (χ2v) is 10.0. The molecule has 0 aliphatic carbocycles. The summed E-state index contributed by atoms with van der Waals surface area (Å²) in [5, 5.41) is 0. The summed E-state index contributed by atoms with van der Waals surface area (Å²) in [7, 11) is 0. The van der Waals surface area contributed by atoms with Gasteiger partial charge in [0.1, 0.15) is 23.6 Å². The fraction of sp³-hybridized carbons (Fsp3) is 0.310. The first-order chi connectivity index (χ1) is 17.2. The molecule has 3 aromatic rings. The van der Waals surface area contributed by atoms with Gasteiger partial charge in [0.2, 0.25) is 5.88 Å². The van der Waals surface area contributed by atoms with Gasteiger partial charge in [0, 0.05) is 16.6 Å². The molecule has 0 spiro atoms. The molecule has 0 fully saturated rings. The topological polar surface area (TPSA) is 60.9 Å². The Labute approximate surface area is 222 Å². The Kier molecular flexibility index (Phi) is 9.67. The molecule has 0 saturated carbocycles. The smallest absolute Gasteiger partial charge is 0.344 e. The maximum absolute atomic E-state index is 12.8. The molecular formula is C29H33BrN2O4. The van der Waals surface area contributed by atoms with E-state index in [-0.39, 0.29) is 18.1 Å². The van der Waals surface area contributed by atoms with E-state index >= 15 is 0 Å². The van der Waals surface area contributed by atoms with Crippen molar-refractivity contribution in [3.05, 3.63) is 101 Å². The predicted octanol–water partition coefficient (Wildman–Crippen LogP) is 7.11. The lowest BCUT2D eigenvalue weighted by Crippen LogP contribution is -2.31. The average Bonchev–Trinajstić information content (AvgIpc) is 2.84. The van der Waals surface area contributed by atoms with Crippen molar-refractivity contribution in [2.24, 2.45) is 0 Å². The number of carbonyl (C=O) groups is 1. The lowest BCUT2D eigenvalue weighted by Gasteiger charge is -2.32. The number of rotatable bonds is 11. The molecule has 0 amide bonds. The van der Waals surface area contributed by atoms with Gasteiger partial charge in [-0.1, -0.05) is 71.0 Å². The van der Waals surface area contributed by atoms with Crippen LogP contribution in [-0.2, 0) is 16.1 Å². The fourth-order valence-corrected chi connectivity index (χ4v) is 3.97.